The summed E-state index contributed by atoms with van der Waals surface area (Å²) in [6, 6.07) is 6.87. The molecule has 20 heavy (non-hydrogen) atoms. The van der Waals surface area contributed by atoms with Gasteiger partial charge in [-0.25, -0.2) is 0 Å². The first-order chi connectivity index (χ1) is 9.38. The molecule has 0 spiro atoms. The second-order valence-electron chi connectivity index (χ2n) is 4.95. The number of rotatable bonds is 4. The first kappa shape index (κ1) is 14.4. The highest BCUT2D eigenvalue weighted by Crippen LogP contribution is 2.22. The van der Waals surface area contributed by atoms with Gasteiger partial charge in [-0.1, -0.05) is 11.6 Å². The number of benzene rings is 1. The highest BCUT2D eigenvalue weighted by Gasteiger charge is 2.30. The average Bonchev–Trinajstić information content (AvgIpc) is 2.78. The van der Waals surface area contributed by atoms with Crippen molar-refractivity contribution in [2.24, 2.45) is 0 Å². The Hall–Kier alpha value is -2.01. The highest BCUT2D eigenvalue weighted by molar-refractivity contribution is 6.30. The molecule has 2 N–H and O–H groups in total. The maximum Gasteiger partial charge on any atom is 0.269 e. The van der Waals surface area contributed by atoms with Crippen LogP contribution in [0.3, 0.4) is 0 Å². The molecule has 2 aromatic rings. The van der Waals surface area contributed by atoms with E-state index in [-0.39, 0.29) is 5.91 Å². The number of amides is 1. The Bertz CT molecular complexity index is 605. The topological polar surface area (TPSA) is 67.0 Å². The largest absolute Gasteiger partial charge is 0.478 e. The summed E-state index contributed by atoms with van der Waals surface area (Å²) in [4.78, 5) is 12.2. The fourth-order valence-corrected chi connectivity index (χ4v) is 1.71. The van der Waals surface area contributed by atoms with Crippen LogP contribution in [0.5, 0.6) is 5.75 Å². The Morgan fingerprint density at radius 2 is 2.00 bits per heavy atom. The van der Waals surface area contributed by atoms with Crippen LogP contribution in [0, 0.1) is 6.92 Å². The summed E-state index contributed by atoms with van der Waals surface area (Å²) in [5, 5.41) is 9.95. The van der Waals surface area contributed by atoms with E-state index in [2.05, 4.69) is 15.5 Å². The molecule has 0 aliphatic carbocycles. The van der Waals surface area contributed by atoms with Crippen molar-refractivity contribution < 1.29 is 9.53 Å². The number of nitrogens with one attached hydrogen (secondary N) is 2. The normalized spacial score (nSPS) is 11.2. The van der Waals surface area contributed by atoms with Gasteiger partial charge in [0, 0.05) is 10.6 Å². The zero-order valence-corrected chi connectivity index (χ0v) is 12.3. The van der Waals surface area contributed by atoms with E-state index >= 15 is 0 Å². The summed E-state index contributed by atoms with van der Waals surface area (Å²) >= 11 is 5.81. The minimum atomic E-state index is -1.02. The minimum absolute atomic E-state index is 0.264. The lowest BCUT2D eigenvalue weighted by Gasteiger charge is -2.25. The number of aromatic amines is 1. The number of aryl methyl sites for hydroxylation is 1. The van der Waals surface area contributed by atoms with Gasteiger partial charge in [-0.15, -0.1) is 0 Å². The van der Waals surface area contributed by atoms with Crippen LogP contribution < -0.4 is 10.1 Å². The lowest BCUT2D eigenvalue weighted by molar-refractivity contribution is -0.128. The Balaban J connectivity index is 2.07. The fourth-order valence-electron chi connectivity index (χ4n) is 1.58. The van der Waals surface area contributed by atoms with E-state index in [0.29, 0.717) is 16.6 Å². The molecule has 0 saturated carbocycles. The van der Waals surface area contributed by atoms with Crippen molar-refractivity contribution in [3.63, 3.8) is 0 Å². The van der Waals surface area contributed by atoms with Crippen LogP contribution in [0.1, 0.15) is 19.4 Å². The maximum atomic E-state index is 12.2. The molecule has 0 atom stereocenters. The minimum Gasteiger partial charge on any atom is -0.478 e. The highest BCUT2D eigenvalue weighted by atomic mass is 35.5. The lowest BCUT2D eigenvalue weighted by atomic mass is 10.1. The van der Waals surface area contributed by atoms with Gasteiger partial charge in [0.2, 0.25) is 0 Å². The predicted molar refractivity (Wildman–Crippen MR) is 78.1 cm³/mol. The zero-order chi connectivity index (χ0) is 14.8. The van der Waals surface area contributed by atoms with Crippen LogP contribution in [-0.2, 0) is 4.79 Å². The summed E-state index contributed by atoms with van der Waals surface area (Å²) < 4.78 is 5.70. The average molecular weight is 294 g/mol. The number of halogens is 1. The van der Waals surface area contributed by atoms with Gasteiger partial charge in [0.05, 0.1) is 6.20 Å². The molecular formula is C14H16ClN3O2. The number of carbonyl (C=O) groups excluding carboxylic acids is 1. The fraction of sp³-hybridized carbons (Fsp3) is 0.286. The Morgan fingerprint density at radius 3 is 2.55 bits per heavy atom. The second-order valence-corrected chi connectivity index (χ2v) is 5.38. The SMILES string of the molecule is Cc1cn[nH]c1NC(=O)C(C)(C)Oc1ccc(Cl)cc1. The monoisotopic (exact) mass is 293 g/mol. The van der Waals surface area contributed by atoms with Crippen LogP contribution in [0.2, 0.25) is 5.02 Å². The number of aromatic nitrogens is 2. The third-order valence-electron chi connectivity index (χ3n) is 2.80. The number of hydrogen-bond donors (Lipinski definition) is 2. The van der Waals surface area contributed by atoms with Crippen LogP contribution in [0.4, 0.5) is 5.82 Å². The van der Waals surface area contributed by atoms with Crippen molar-refractivity contribution in [3.8, 4) is 5.75 Å². The molecule has 1 aromatic heterocycles. The van der Waals surface area contributed by atoms with Crippen molar-refractivity contribution in [3.05, 3.63) is 41.0 Å². The van der Waals surface area contributed by atoms with Gasteiger partial charge >= 0.3 is 0 Å². The Labute approximate surface area is 122 Å². The van der Waals surface area contributed by atoms with Gasteiger partial charge in [0.1, 0.15) is 11.6 Å². The van der Waals surface area contributed by atoms with E-state index in [0.717, 1.165) is 5.56 Å². The zero-order valence-electron chi connectivity index (χ0n) is 11.5. The van der Waals surface area contributed by atoms with Crippen molar-refractivity contribution >= 4 is 23.3 Å². The van der Waals surface area contributed by atoms with Crippen LogP contribution in [-0.4, -0.2) is 21.7 Å². The number of hydrogen-bond acceptors (Lipinski definition) is 3. The molecule has 0 fully saturated rings. The van der Waals surface area contributed by atoms with Gasteiger partial charge in [0.15, 0.2) is 5.60 Å². The molecule has 6 heteroatoms. The van der Waals surface area contributed by atoms with Gasteiger partial charge in [-0.05, 0) is 45.0 Å². The van der Waals surface area contributed by atoms with Crippen molar-refractivity contribution in [2.75, 3.05) is 5.32 Å². The van der Waals surface area contributed by atoms with E-state index in [9.17, 15) is 4.79 Å². The van der Waals surface area contributed by atoms with E-state index in [1.165, 1.54) is 0 Å². The maximum absolute atomic E-state index is 12.2. The standard InChI is InChI=1S/C14H16ClN3O2/c1-9-8-16-18-12(9)17-13(19)14(2,3)20-11-6-4-10(15)5-7-11/h4-8H,1-3H3,(H2,16,17,18,19). The molecule has 0 bridgehead atoms. The molecule has 0 saturated heterocycles. The van der Waals surface area contributed by atoms with Crippen LogP contribution in [0.15, 0.2) is 30.5 Å². The quantitative estimate of drug-likeness (QED) is 0.910. The van der Waals surface area contributed by atoms with E-state index in [1.807, 2.05) is 6.92 Å². The van der Waals surface area contributed by atoms with Crippen LogP contribution in [0.25, 0.3) is 0 Å². The molecule has 1 amide bonds. The molecule has 5 nitrogen and oxygen atoms in total. The summed E-state index contributed by atoms with van der Waals surface area (Å²) in [7, 11) is 0. The summed E-state index contributed by atoms with van der Waals surface area (Å²) in [5.41, 5.74) is -0.161. The van der Waals surface area contributed by atoms with E-state index < -0.39 is 5.60 Å². The number of anilines is 1. The van der Waals surface area contributed by atoms with Crippen LogP contribution >= 0.6 is 11.6 Å². The number of carbonyl (C=O) groups is 1. The molecule has 0 aliphatic heterocycles. The molecule has 0 unspecified atom stereocenters. The third kappa shape index (κ3) is 3.30. The van der Waals surface area contributed by atoms with Gasteiger partial charge in [-0.3, -0.25) is 9.89 Å². The van der Waals surface area contributed by atoms with E-state index in [4.69, 9.17) is 16.3 Å². The van der Waals surface area contributed by atoms with Crippen molar-refractivity contribution in [1.29, 1.82) is 0 Å². The van der Waals surface area contributed by atoms with Gasteiger partial charge in [0.25, 0.3) is 5.91 Å². The second kappa shape index (κ2) is 5.54. The first-order valence-electron chi connectivity index (χ1n) is 6.14. The molecule has 106 valence electrons. The smallest absolute Gasteiger partial charge is 0.269 e. The molecular weight excluding hydrogens is 278 g/mol. The summed E-state index contributed by atoms with van der Waals surface area (Å²) in [5.74, 6) is 0.887. The Morgan fingerprint density at radius 1 is 1.35 bits per heavy atom. The van der Waals surface area contributed by atoms with Gasteiger partial charge in [-0.2, -0.15) is 5.10 Å². The molecule has 2 rings (SSSR count). The van der Waals surface area contributed by atoms with E-state index in [1.54, 1.807) is 44.3 Å². The lowest BCUT2D eigenvalue weighted by Crippen LogP contribution is -2.42. The molecule has 1 heterocycles. The number of H-pyrrole nitrogens is 1. The van der Waals surface area contributed by atoms with Crippen molar-refractivity contribution in [2.45, 2.75) is 26.4 Å². The van der Waals surface area contributed by atoms with Gasteiger partial charge < -0.3 is 10.1 Å². The summed E-state index contributed by atoms with van der Waals surface area (Å²) in [6.07, 6.45) is 1.64. The third-order valence-corrected chi connectivity index (χ3v) is 3.05. The molecule has 0 aliphatic rings. The Kier molecular flexibility index (Phi) is 3.99. The molecule has 0 radical (unpaired) electrons. The predicted octanol–water partition coefficient (Wildman–Crippen LogP) is 3.17. The summed E-state index contributed by atoms with van der Waals surface area (Å²) in [6.45, 7) is 5.25. The number of ether oxygens (including phenoxy) is 1. The van der Waals surface area contributed by atoms with Crippen molar-refractivity contribution in [1.82, 2.24) is 10.2 Å². The first-order valence-corrected chi connectivity index (χ1v) is 6.52. The number of nitrogens with zero attached hydrogens (tertiary/aromatic N) is 1. The molecule has 1 aromatic carbocycles.